The van der Waals surface area contributed by atoms with Gasteiger partial charge in [0, 0.05) is 13.1 Å². The zero-order valence-electron chi connectivity index (χ0n) is 11.9. The number of nitrogens with zero attached hydrogens (tertiary/aromatic N) is 1. The fourth-order valence-corrected chi connectivity index (χ4v) is 2.90. The van der Waals surface area contributed by atoms with Crippen molar-refractivity contribution in [2.45, 2.75) is 26.2 Å². The van der Waals surface area contributed by atoms with Gasteiger partial charge in [0.05, 0.1) is 4.47 Å². The molecule has 0 radical (unpaired) electrons. The van der Waals surface area contributed by atoms with E-state index in [2.05, 4.69) is 15.9 Å². The highest BCUT2D eigenvalue weighted by atomic mass is 79.9. The van der Waals surface area contributed by atoms with Crippen molar-refractivity contribution in [3.63, 3.8) is 0 Å². The predicted octanol–water partition coefficient (Wildman–Crippen LogP) is 2.63. The minimum Gasteiger partial charge on any atom is -0.506 e. The van der Waals surface area contributed by atoms with E-state index in [1.165, 1.54) is 6.07 Å². The molecule has 6 heteroatoms. The quantitative estimate of drug-likeness (QED) is 0.846. The number of halogens is 1. The molecule has 1 aliphatic heterocycles. The lowest BCUT2D eigenvalue weighted by Crippen LogP contribution is -2.38. The Balaban J connectivity index is 1.97. The highest BCUT2D eigenvalue weighted by Crippen LogP contribution is 2.29. The first-order valence-electron chi connectivity index (χ1n) is 6.93. The largest absolute Gasteiger partial charge is 0.506 e. The first kappa shape index (κ1) is 15.8. The summed E-state index contributed by atoms with van der Waals surface area (Å²) in [6, 6.07) is 3.23. The van der Waals surface area contributed by atoms with E-state index in [1.54, 1.807) is 17.9 Å². The molecule has 0 bridgehead atoms. The molecule has 0 saturated carbocycles. The van der Waals surface area contributed by atoms with Gasteiger partial charge < -0.3 is 14.7 Å². The van der Waals surface area contributed by atoms with Gasteiger partial charge in [-0.15, -0.1) is 0 Å². The van der Waals surface area contributed by atoms with Crippen LogP contribution in [0.3, 0.4) is 0 Å². The number of likely N-dealkylation sites (tertiary alicyclic amines) is 1. The number of aromatic hydroxyl groups is 1. The van der Waals surface area contributed by atoms with Gasteiger partial charge in [0.1, 0.15) is 11.3 Å². The van der Waals surface area contributed by atoms with Crippen LogP contribution < -0.4 is 0 Å². The maximum absolute atomic E-state index is 12.0. The summed E-state index contributed by atoms with van der Waals surface area (Å²) in [5.41, 5.74) is 0.877. The molecule has 1 fully saturated rings. The van der Waals surface area contributed by atoms with Gasteiger partial charge in [-0.05, 0) is 59.8 Å². The smallest absolute Gasteiger partial charge is 0.342 e. The van der Waals surface area contributed by atoms with E-state index in [0.29, 0.717) is 4.47 Å². The Morgan fingerprint density at radius 1 is 1.29 bits per heavy atom. The summed E-state index contributed by atoms with van der Waals surface area (Å²) in [5, 5.41) is 9.86. The molecule has 0 atom stereocenters. The first-order valence-corrected chi connectivity index (χ1v) is 7.72. The second-order valence-electron chi connectivity index (χ2n) is 5.16. The number of ether oxygens (including phenoxy) is 1. The van der Waals surface area contributed by atoms with Crippen LogP contribution in [-0.2, 0) is 9.53 Å². The number of carbonyl (C=O) groups excluding carboxylic acids is 2. The fraction of sp³-hybridized carbons (Fsp3) is 0.467. The van der Waals surface area contributed by atoms with Crippen molar-refractivity contribution in [1.29, 1.82) is 0 Å². The third-order valence-corrected chi connectivity index (χ3v) is 4.07. The standard InChI is InChI=1S/C15H18BrNO4/c1-10-7-11(14(19)12(16)8-10)15(20)21-9-13(18)17-5-3-2-4-6-17/h7-8,19H,2-6,9H2,1H3. The lowest BCUT2D eigenvalue weighted by atomic mass is 10.1. The average Bonchev–Trinajstić information content (AvgIpc) is 2.49. The Bertz CT molecular complexity index is 553. The van der Waals surface area contributed by atoms with Gasteiger partial charge in [-0.1, -0.05) is 0 Å². The van der Waals surface area contributed by atoms with Crippen LogP contribution in [0.25, 0.3) is 0 Å². The fourth-order valence-electron chi connectivity index (χ4n) is 2.33. The Kier molecular flexibility index (Phi) is 5.22. The van der Waals surface area contributed by atoms with E-state index in [0.717, 1.165) is 37.9 Å². The molecular weight excluding hydrogens is 338 g/mol. The second-order valence-corrected chi connectivity index (χ2v) is 6.01. The van der Waals surface area contributed by atoms with Crippen molar-refractivity contribution in [1.82, 2.24) is 4.90 Å². The molecule has 0 spiro atoms. The van der Waals surface area contributed by atoms with Crippen LogP contribution in [0.2, 0.25) is 0 Å². The number of benzene rings is 1. The van der Waals surface area contributed by atoms with Gasteiger partial charge in [-0.25, -0.2) is 4.79 Å². The van der Waals surface area contributed by atoms with Crippen LogP contribution in [0.1, 0.15) is 35.2 Å². The van der Waals surface area contributed by atoms with Crippen molar-refractivity contribution < 1.29 is 19.4 Å². The average molecular weight is 356 g/mol. The number of amides is 1. The highest BCUT2D eigenvalue weighted by molar-refractivity contribution is 9.10. The number of aryl methyl sites for hydroxylation is 1. The topological polar surface area (TPSA) is 66.8 Å². The Morgan fingerprint density at radius 3 is 2.62 bits per heavy atom. The van der Waals surface area contributed by atoms with Gasteiger partial charge in [0.2, 0.25) is 0 Å². The molecule has 1 heterocycles. The molecule has 0 aliphatic carbocycles. The number of hydrogen-bond donors (Lipinski definition) is 1. The minimum atomic E-state index is -0.692. The van der Waals surface area contributed by atoms with Crippen LogP contribution in [0, 0.1) is 6.92 Å². The number of hydrogen-bond acceptors (Lipinski definition) is 4. The van der Waals surface area contributed by atoms with E-state index in [9.17, 15) is 14.7 Å². The van der Waals surface area contributed by atoms with Crippen molar-refractivity contribution in [2.75, 3.05) is 19.7 Å². The molecule has 1 saturated heterocycles. The van der Waals surface area contributed by atoms with Crippen molar-refractivity contribution in [3.8, 4) is 5.75 Å². The summed E-state index contributed by atoms with van der Waals surface area (Å²) in [7, 11) is 0. The number of phenolic OH excluding ortho intramolecular Hbond substituents is 1. The number of esters is 1. The highest BCUT2D eigenvalue weighted by Gasteiger charge is 2.20. The second kappa shape index (κ2) is 6.93. The summed E-state index contributed by atoms with van der Waals surface area (Å²) in [5.74, 6) is -1.05. The van der Waals surface area contributed by atoms with Crippen LogP contribution in [0.4, 0.5) is 0 Å². The summed E-state index contributed by atoms with van der Waals surface area (Å²) < 4.78 is 5.45. The van der Waals surface area contributed by atoms with E-state index >= 15 is 0 Å². The monoisotopic (exact) mass is 355 g/mol. The molecule has 1 aliphatic rings. The third kappa shape index (κ3) is 3.97. The van der Waals surface area contributed by atoms with E-state index in [-0.39, 0.29) is 23.8 Å². The molecule has 0 unspecified atom stereocenters. The molecule has 1 aromatic rings. The molecule has 1 aromatic carbocycles. The SMILES string of the molecule is Cc1cc(Br)c(O)c(C(=O)OCC(=O)N2CCCCC2)c1. The van der Waals surface area contributed by atoms with Crippen molar-refractivity contribution in [3.05, 3.63) is 27.7 Å². The molecule has 114 valence electrons. The number of piperidine rings is 1. The molecule has 21 heavy (non-hydrogen) atoms. The summed E-state index contributed by atoms with van der Waals surface area (Å²) in [6.07, 6.45) is 3.12. The summed E-state index contributed by atoms with van der Waals surface area (Å²) in [6.45, 7) is 2.96. The zero-order valence-corrected chi connectivity index (χ0v) is 13.5. The van der Waals surface area contributed by atoms with Crippen molar-refractivity contribution in [2.24, 2.45) is 0 Å². The van der Waals surface area contributed by atoms with Gasteiger partial charge in [-0.2, -0.15) is 0 Å². The Morgan fingerprint density at radius 2 is 1.95 bits per heavy atom. The van der Waals surface area contributed by atoms with Gasteiger partial charge in [0.15, 0.2) is 6.61 Å². The minimum absolute atomic E-state index is 0.0633. The Hall–Kier alpha value is -1.56. The number of carbonyl (C=O) groups is 2. The zero-order chi connectivity index (χ0) is 15.4. The molecule has 1 amide bonds. The lowest BCUT2D eigenvalue weighted by Gasteiger charge is -2.26. The molecule has 0 aromatic heterocycles. The normalized spacial score (nSPS) is 14.9. The Labute approximate surface area is 132 Å². The van der Waals surface area contributed by atoms with Crippen LogP contribution in [0.15, 0.2) is 16.6 Å². The van der Waals surface area contributed by atoms with Crippen LogP contribution >= 0.6 is 15.9 Å². The maximum Gasteiger partial charge on any atom is 0.342 e. The van der Waals surface area contributed by atoms with E-state index < -0.39 is 5.97 Å². The lowest BCUT2D eigenvalue weighted by molar-refractivity contribution is -0.135. The predicted molar refractivity (Wildman–Crippen MR) is 81.3 cm³/mol. The van der Waals surface area contributed by atoms with Gasteiger partial charge in [-0.3, -0.25) is 4.79 Å². The van der Waals surface area contributed by atoms with E-state index in [1.807, 2.05) is 0 Å². The molecule has 1 N–H and O–H groups in total. The molecular formula is C15H18BrNO4. The molecule has 5 nitrogen and oxygen atoms in total. The maximum atomic E-state index is 12.0. The number of phenols is 1. The summed E-state index contributed by atoms with van der Waals surface area (Å²) in [4.78, 5) is 25.6. The number of rotatable bonds is 3. The summed E-state index contributed by atoms with van der Waals surface area (Å²) >= 11 is 3.17. The van der Waals surface area contributed by atoms with Crippen LogP contribution in [0.5, 0.6) is 5.75 Å². The van der Waals surface area contributed by atoms with Crippen LogP contribution in [-0.4, -0.2) is 41.6 Å². The first-order chi connectivity index (χ1) is 9.99. The molecule has 2 rings (SSSR count). The van der Waals surface area contributed by atoms with Crippen molar-refractivity contribution >= 4 is 27.8 Å². The third-order valence-electron chi connectivity index (χ3n) is 3.46. The van der Waals surface area contributed by atoms with E-state index in [4.69, 9.17) is 4.74 Å². The van der Waals surface area contributed by atoms with Gasteiger partial charge in [0.25, 0.3) is 5.91 Å². The van der Waals surface area contributed by atoms with Gasteiger partial charge >= 0.3 is 5.97 Å².